The Bertz CT molecular complexity index is 1530. The van der Waals surface area contributed by atoms with Gasteiger partial charge in [-0.15, -0.1) is 0 Å². The number of carbonyl (C=O) groups is 4. The molecule has 3 N–H and O–H groups in total. The highest BCUT2D eigenvalue weighted by atomic mass is 16.5. The number of esters is 1. The number of ether oxygens (including phenoxy) is 2. The molecule has 1 heterocycles. The summed E-state index contributed by atoms with van der Waals surface area (Å²) in [5.41, 5.74) is 1.86. The van der Waals surface area contributed by atoms with E-state index in [1.807, 2.05) is 31.1 Å². The second-order valence-corrected chi connectivity index (χ2v) is 9.16. The van der Waals surface area contributed by atoms with Crippen LogP contribution in [0.3, 0.4) is 0 Å². The van der Waals surface area contributed by atoms with Crippen LogP contribution in [0, 0.1) is 11.3 Å². The first-order valence-electron chi connectivity index (χ1n) is 12.3. The van der Waals surface area contributed by atoms with Gasteiger partial charge in [-0.3, -0.25) is 19.2 Å². The van der Waals surface area contributed by atoms with E-state index in [2.05, 4.69) is 20.7 Å². The molecule has 0 aliphatic carbocycles. The summed E-state index contributed by atoms with van der Waals surface area (Å²) in [5.74, 6) is -1.52. The molecule has 0 saturated heterocycles. The molecule has 0 fully saturated rings. The van der Waals surface area contributed by atoms with Crippen molar-refractivity contribution in [3.05, 3.63) is 77.4 Å². The Hall–Kier alpha value is -5.37. The Balaban J connectivity index is 1.72. The molecule has 0 spiro atoms. The second kappa shape index (κ2) is 12.0. The number of nitrogens with one attached hydrogen (secondary N) is 3. The molecule has 11 heteroatoms. The van der Waals surface area contributed by atoms with Gasteiger partial charge in [0, 0.05) is 37.8 Å². The van der Waals surface area contributed by atoms with E-state index in [9.17, 15) is 24.4 Å². The quantitative estimate of drug-likeness (QED) is 0.366. The summed E-state index contributed by atoms with van der Waals surface area (Å²) in [4.78, 5) is 52.7. The molecule has 3 amide bonds. The minimum Gasteiger partial charge on any atom is -0.469 e. The summed E-state index contributed by atoms with van der Waals surface area (Å²) in [6, 6.07) is 17.3. The third-order valence-corrected chi connectivity index (χ3v) is 6.17. The van der Waals surface area contributed by atoms with Crippen LogP contribution in [0.5, 0.6) is 11.5 Å². The molecule has 0 saturated carbocycles. The minimum atomic E-state index is -0.980. The number of nitrogens with zero attached hydrogens (tertiary/aromatic N) is 2. The van der Waals surface area contributed by atoms with Crippen LogP contribution < -0.4 is 25.6 Å². The van der Waals surface area contributed by atoms with Crippen LogP contribution in [0.1, 0.15) is 39.1 Å². The van der Waals surface area contributed by atoms with E-state index in [1.54, 1.807) is 36.4 Å². The fourth-order valence-corrected chi connectivity index (χ4v) is 4.02. The van der Waals surface area contributed by atoms with Gasteiger partial charge in [-0.25, -0.2) is 0 Å². The maximum absolute atomic E-state index is 13.1. The molecule has 1 aliphatic heterocycles. The number of carbonyl (C=O) groups excluding carboxylic acids is 4. The predicted molar refractivity (Wildman–Crippen MR) is 148 cm³/mol. The molecule has 11 nitrogen and oxygen atoms in total. The lowest BCUT2D eigenvalue weighted by Gasteiger charge is -2.18. The van der Waals surface area contributed by atoms with E-state index in [1.165, 1.54) is 25.3 Å². The van der Waals surface area contributed by atoms with Crippen molar-refractivity contribution in [2.45, 2.75) is 18.9 Å². The first kappa shape index (κ1) is 27.7. The highest BCUT2D eigenvalue weighted by Gasteiger charge is 2.30. The van der Waals surface area contributed by atoms with Gasteiger partial charge >= 0.3 is 5.97 Å². The maximum Gasteiger partial charge on any atom is 0.305 e. The number of hydrogen-bond acceptors (Lipinski definition) is 8. The lowest BCUT2D eigenvalue weighted by atomic mass is 10.1. The largest absolute Gasteiger partial charge is 0.469 e. The average molecular weight is 542 g/mol. The summed E-state index contributed by atoms with van der Waals surface area (Å²) in [6.45, 7) is 0. The molecule has 4 rings (SSSR count). The van der Waals surface area contributed by atoms with Crippen molar-refractivity contribution in [3.8, 4) is 17.6 Å². The molecule has 0 aromatic heterocycles. The smallest absolute Gasteiger partial charge is 0.305 e. The van der Waals surface area contributed by atoms with Crippen LogP contribution in [-0.4, -0.2) is 50.9 Å². The lowest BCUT2D eigenvalue weighted by molar-refractivity contribution is -0.140. The van der Waals surface area contributed by atoms with Crippen molar-refractivity contribution < 1.29 is 28.7 Å². The Morgan fingerprint density at radius 3 is 2.58 bits per heavy atom. The van der Waals surface area contributed by atoms with Gasteiger partial charge in [0.2, 0.25) is 5.91 Å². The van der Waals surface area contributed by atoms with Crippen LogP contribution in [0.4, 0.5) is 17.1 Å². The first-order chi connectivity index (χ1) is 19.2. The first-order valence-corrected chi connectivity index (χ1v) is 12.3. The Kier molecular flexibility index (Phi) is 8.30. The molecule has 0 bridgehead atoms. The van der Waals surface area contributed by atoms with Gasteiger partial charge in [-0.05, 0) is 48.9 Å². The van der Waals surface area contributed by atoms with Crippen LogP contribution in [0.2, 0.25) is 0 Å². The molecule has 204 valence electrons. The zero-order valence-electron chi connectivity index (χ0n) is 22.1. The molecular weight excluding hydrogens is 514 g/mol. The zero-order valence-corrected chi connectivity index (χ0v) is 22.1. The number of benzene rings is 3. The van der Waals surface area contributed by atoms with Gasteiger partial charge in [-0.2, -0.15) is 5.26 Å². The van der Waals surface area contributed by atoms with Gasteiger partial charge in [0.25, 0.3) is 11.8 Å². The number of methoxy groups -OCH3 is 1. The molecule has 1 aliphatic rings. The number of rotatable bonds is 8. The van der Waals surface area contributed by atoms with E-state index < -0.39 is 29.7 Å². The molecule has 0 radical (unpaired) electrons. The lowest BCUT2D eigenvalue weighted by Crippen LogP contribution is -2.41. The monoisotopic (exact) mass is 541 g/mol. The van der Waals surface area contributed by atoms with Gasteiger partial charge < -0.3 is 30.3 Å². The number of nitriles is 1. The summed E-state index contributed by atoms with van der Waals surface area (Å²) in [5, 5.41) is 17.3. The summed E-state index contributed by atoms with van der Waals surface area (Å²) < 4.78 is 10.8. The van der Waals surface area contributed by atoms with Crippen molar-refractivity contribution in [1.82, 2.24) is 5.32 Å². The van der Waals surface area contributed by atoms with Gasteiger partial charge in [0.05, 0.1) is 35.7 Å². The average Bonchev–Trinajstić information content (AvgIpc) is 3.06. The fraction of sp³-hybridized carbons (Fsp3) is 0.207. The maximum atomic E-state index is 13.1. The molecule has 3 aromatic rings. The number of fused-ring (bicyclic) bond motifs is 1. The predicted octanol–water partition coefficient (Wildman–Crippen LogP) is 3.67. The van der Waals surface area contributed by atoms with Crippen molar-refractivity contribution in [3.63, 3.8) is 0 Å². The Morgan fingerprint density at radius 2 is 1.85 bits per heavy atom. The standard InChI is InChI=1S/C29H27N5O6/c1-34(2)19-8-5-9-20(13-19)40-25-14-21-23(32-29(38)22(31-28(21)37)10-11-26(35)39-3)15-24(25)33-27(36)18-7-4-6-17(12-18)16-30/h4-9,12-15,22H,10-11H2,1-3H3,(H,31,37)(H,32,38)(H,33,36)/t22-/m1/s1. The van der Waals surface area contributed by atoms with Crippen molar-refractivity contribution >= 4 is 40.8 Å². The van der Waals surface area contributed by atoms with Crippen molar-refractivity contribution in [1.29, 1.82) is 5.26 Å². The van der Waals surface area contributed by atoms with Crippen LogP contribution >= 0.6 is 0 Å². The Morgan fingerprint density at radius 1 is 1.07 bits per heavy atom. The molecular formula is C29H27N5O6. The van der Waals surface area contributed by atoms with E-state index in [0.29, 0.717) is 11.3 Å². The van der Waals surface area contributed by atoms with Crippen molar-refractivity contribution in [2.75, 3.05) is 36.7 Å². The number of amides is 3. The molecule has 40 heavy (non-hydrogen) atoms. The minimum absolute atomic E-state index is 0.0394. The van der Waals surface area contributed by atoms with Gasteiger partial charge in [0.15, 0.2) is 5.75 Å². The second-order valence-electron chi connectivity index (χ2n) is 9.16. The molecule has 3 aromatic carbocycles. The van der Waals surface area contributed by atoms with Crippen LogP contribution in [0.25, 0.3) is 0 Å². The van der Waals surface area contributed by atoms with Crippen LogP contribution in [-0.2, 0) is 14.3 Å². The van der Waals surface area contributed by atoms with E-state index in [4.69, 9.17) is 4.74 Å². The van der Waals surface area contributed by atoms with Crippen LogP contribution in [0.15, 0.2) is 60.7 Å². The summed E-state index contributed by atoms with van der Waals surface area (Å²) in [7, 11) is 5.00. The van der Waals surface area contributed by atoms with E-state index in [0.717, 1.165) is 5.69 Å². The highest BCUT2D eigenvalue weighted by molar-refractivity contribution is 6.12. The fourth-order valence-electron chi connectivity index (χ4n) is 4.02. The third kappa shape index (κ3) is 6.36. The summed E-state index contributed by atoms with van der Waals surface area (Å²) in [6.07, 6.45) is -0.0252. The van der Waals surface area contributed by atoms with Gasteiger partial charge in [-0.1, -0.05) is 12.1 Å². The zero-order chi connectivity index (χ0) is 28.8. The van der Waals surface area contributed by atoms with Crippen molar-refractivity contribution in [2.24, 2.45) is 0 Å². The normalized spacial score (nSPS) is 14.0. The van der Waals surface area contributed by atoms with E-state index >= 15 is 0 Å². The molecule has 1 atom stereocenters. The molecule has 0 unspecified atom stereocenters. The number of hydrogen-bond donors (Lipinski definition) is 3. The SMILES string of the molecule is COC(=O)CC[C@H]1NC(=O)c2cc(Oc3cccc(N(C)C)c3)c(NC(=O)c3cccc(C#N)c3)cc2NC1=O. The van der Waals surface area contributed by atoms with Gasteiger partial charge in [0.1, 0.15) is 11.8 Å². The number of anilines is 3. The topological polar surface area (TPSA) is 150 Å². The Labute approximate surface area is 230 Å². The highest BCUT2D eigenvalue weighted by Crippen LogP contribution is 2.37. The van der Waals surface area contributed by atoms with E-state index in [-0.39, 0.29) is 41.1 Å². The third-order valence-electron chi connectivity index (χ3n) is 6.17. The summed E-state index contributed by atoms with van der Waals surface area (Å²) >= 11 is 0.